The molecule has 0 atom stereocenters. The average Bonchev–Trinajstić information content (AvgIpc) is 2.59. The molecule has 0 saturated carbocycles. The molecule has 2 aromatic rings. The average molecular weight is 378 g/mol. The van der Waals surface area contributed by atoms with Crippen molar-refractivity contribution in [3.05, 3.63) is 59.2 Å². The van der Waals surface area contributed by atoms with Gasteiger partial charge in [-0.25, -0.2) is 0 Å². The van der Waals surface area contributed by atoms with Gasteiger partial charge in [-0.05, 0) is 37.1 Å². The normalized spacial score (nSPS) is 9.81. The molecule has 0 heterocycles. The van der Waals surface area contributed by atoms with Crippen molar-refractivity contribution in [2.75, 3.05) is 25.0 Å². The van der Waals surface area contributed by atoms with E-state index in [1.54, 1.807) is 24.3 Å². The van der Waals surface area contributed by atoms with E-state index in [1.807, 2.05) is 32.0 Å². The molecule has 4 N–H and O–H groups in total. The maximum absolute atomic E-state index is 12.2. The van der Waals surface area contributed by atoms with Crippen LogP contribution in [0.15, 0.2) is 42.5 Å². The van der Waals surface area contributed by atoms with Crippen LogP contribution in [0, 0.1) is 13.8 Å². The lowest BCUT2D eigenvalue weighted by molar-refractivity contribution is -0.118. The molecule has 7 heteroatoms. The Kier molecular flexibility index (Phi) is 8.61. The van der Waals surface area contributed by atoms with Crippen LogP contribution < -0.4 is 21.1 Å². The summed E-state index contributed by atoms with van der Waals surface area (Å²) in [6, 6.07) is 12.6. The van der Waals surface area contributed by atoms with Gasteiger partial charge in [-0.15, -0.1) is 12.4 Å². The number of nitrogens with two attached hydrogens (primary N) is 1. The van der Waals surface area contributed by atoms with Gasteiger partial charge in [0.25, 0.3) is 11.8 Å². The van der Waals surface area contributed by atoms with Crippen molar-refractivity contribution in [3.63, 3.8) is 0 Å². The third-order valence-electron chi connectivity index (χ3n) is 3.63. The van der Waals surface area contributed by atoms with E-state index in [9.17, 15) is 9.59 Å². The molecule has 0 aliphatic carbocycles. The van der Waals surface area contributed by atoms with Gasteiger partial charge in [-0.2, -0.15) is 0 Å². The highest BCUT2D eigenvalue weighted by Crippen LogP contribution is 2.22. The molecule has 6 nitrogen and oxygen atoms in total. The highest BCUT2D eigenvalue weighted by atomic mass is 35.5. The van der Waals surface area contributed by atoms with Gasteiger partial charge in [0.15, 0.2) is 6.61 Å². The molecule has 0 fully saturated rings. The van der Waals surface area contributed by atoms with E-state index >= 15 is 0 Å². The molecule has 0 aromatic heterocycles. The molecule has 2 rings (SSSR count). The summed E-state index contributed by atoms with van der Waals surface area (Å²) in [5.74, 6) is 0.0883. The van der Waals surface area contributed by atoms with Crippen LogP contribution in [0.5, 0.6) is 5.75 Å². The summed E-state index contributed by atoms with van der Waals surface area (Å²) in [6.45, 7) is 4.44. The molecule has 0 saturated heterocycles. The Labute approximate surface area is 159 Å². The standard InChI is InChI=1S/C19H23N3O3.ClH/c1-13-6-5-7-14(2)18(13)25-12-17(23)22-16-9-4-3-8-15(16)19(24)21-11-10-20;/h3-9H,10-12,20H2,1-2H3,(H,21,24)(H,22,23);1H. The van der Waals surface area contributed by atoms with Gasteiger partial charge >= 0.3 is 0 Å². The first kappa shape index (κ1) is 21.5. The van der Waals surface area contributed by atoms with Crippen LogP contribution in [0.4, 0.5) is 5.69 Å². The number of hydrogen-bond donors (Lipinski definition) is 3. The summed E-state index contributed by atoms with van der Waals surface area (Å²) in [6.07, 6.45) is 0. The van der Waals surface area contributed by atoms with Crippen molar-refractivity contribution in [2.24, 2.45) is 5.73 Å². The smallest absolute Gasteiger partial charge is 0.262 e. The highest BCUT2D eigenvalue weighted by Gasteiger charge is 2.13. The number of aryl methyl sites for hydroxylation is 2. The zero-order valence-electron chi connectivity index (χ0n) is 14.9. The van der Waals surface area contributed by atoms with Crippen LogP contribution in [0.3, 0.4) is 0 Å². The van der Waals surface area contributed by atoms with Gasteiger partial charge in [0, 0.05) is 13.1 Å². The van der Waals surface area contributed by atoms with E-state index in [-0.39, 0.29) is 30.8 Å². The van der Waals surface area contributed by atoms with Crippen molar-refractivity contribution in [2.45, 2.75) is 13.8 Å². The third-order valence-corrected chi connectivity index (χ3v) is 3.63. The fourth-order valence-corrected chi connectivity index (χ4v) is 2.42. The van der Waals surface area contributed by atoms with Crippen LogP contribution in [0.25, 0.3) is 0 Å². The lowest BCUT2D eigenvalue weighted by Crippen LogP contribution is -2.30. The van der Waals surface area contributed by atoms with Crippen molar-refractivity contribution in [3.8, 4) is 5.75 Å². The second kappa shape index (κ2) is 10.4. The zero-order valence-corrected chi connectivity index (χ0v) is 15.7. The van der Waals surface area contributed by atoms with E-state index in [4.69, 9.17) is 10.5 Å². The first-order chi connectivity index (χ1) is 12.0. The number of para-hydroxylation sites is 2. The molecular weight excluding hydrogens is 354 g/mol. The Bertz CT molecular complexity index is 745. The molecule has 140 valence electrons. The van der Waals surface area contributed by atoms with Crippen LogP contribution in [-0.2, 0) is 4.79 Å². The largest absolute Gasteiger partial charge is 0.483 e. The second-order valence-electron chi connectivity index (χ2n) is 5.65. The molecular formula is C19H24ClN3O3. The molecule has 26 heavy (non-hydrogen) atoms. The molecule has 2 amide bonds. The third kappa shape index (κ3) is 5.75. The predicted octanol–water partition coefficient (Wildman–Crippen LogP) is 2.43. The number of carbonyl (C=O) groups is 2. The Hall–Kier alpha value is -2.57. The summed E-state index contributed by atoms with van der Waals surface area (Å²) in [4.78, 5) is 24.3. The van der Waals surface area contributed by atoms with E-state index in [1.165, 1.54) is 0 Å². The van der Waals surface area contributed by atoms with Crippen LogP contribution >= 0.6 is 12.4 Å². The summed E-state index contributed by atoms with van der Waals surface area (Å²) >= 11 is 0. The topological polar surface area (TPSA) is 93.4 Å². The molecule has 0 bridgehead atoms. The number of hydrogen-bond acceptors (Lipinski definition) is 4. The Morgan fingerprint density at radius 2 is 1.69 bits per heavy atom. The molecule has 0 spiro atoms. The van der Waals surface area contributed by atoms with Gasteiger partial charge in [-0.1, -0.05) is 30.3 Å². The zero-order chi connectivity index (χ0) is 18.2. The van der Waals surface area contributed by atoms with Crippen LogP contribution in [-0.4, -0.2) is 31.5 Å². The summed E-state index contributed by atoms with van der Waals surface area (Å²) in [7, 11) is 0. The maximum Gasteiger partial charge on any atom is 0.262 e. The molecule has 0 unspecified atom stereocenters. The van der Waals surface area contributed by atoms with Crippen molar-refractivity contribution in [1.82, 2.24) is 5.32 Å². The number of benzene rings is 2. The Balaban J connectivity index is 0.00000338. The maximum atomic E-state index is 12.2. The summed E-state index contributed by atoms with van der Waals surface area (Å²) in [5.41, 5.74) is 8.15. The minimum absolute atomic E-state index is 0. The minimum Gasteiger partial charge on any atom is -0.483 e. The van der Waals surface area contributed by atoms with Gasteiger partial charge < -0.3 is 21.1 Å². The fourth-order valence-electron chi connectivity index (χ4n) is 2.42. The number of halogens is 1. The molecule has 2 aromatic carbocycles. The lowest BCUT2D eigenvalue weighted by atomic mass is 10.1. The van der Waals surface area contributed by atoms with Gasteiger partial charge in [0.05, 0.1) is 11.3 Å². The van der Waals surface area contributed by atoms with Gasteiger partial charge in [-0.3, -0.25) is 9.59 Å². The van der Waals surface area contributed by atoms with Crippen molar-refractivity contribution >= 4 is 29.9 Å². The predicted molar refractivity (Wildman–Crippen MR) is 105 cm³/mol. The fraction of sp³-hybridized carbons (Fsp3) is 0.263. The summed E-state index contributed by atoms with van der Waals surface area (Å²) in [5, 5.41) is 5.41. The molecule has 0 aliphatic heterocycles. The first-order valence-corrected chi connectivity index (χ1v) is 8.09. The van der Waals surface area contributed by atoms with Crippen molar-refractivity contribution < 1.29 is 14.3 Å². The van der Waals surface area contributed by atoms with Crippen LogP contribution in [0.2, 0.25) is 0 Å². The molecule has 0 radical (unpaired) electrons. The number of ether oxygens (including phenoxy) is 1. The number of anilines is 1. The monoisotopic (exact) mass is 377 g/mol. The van der Waals surface area contributed by atoms with E-state index in [2.05, 4.69) is 10.6 Å². The second-order valence-corrected chi connectivity index (χ2v) is 5.65. The number of carbonyl (C=O) groups excluding carboxylic acids is 2. The van der Waals surface area contributed by atoms with Crippen molar-refractivity contribution in [1.29, 1.82) is 0 Å². The van der Waals surface area contributed by atoms with E-state index < -0.39 is 0 Å². The number of rotatable bonds is 7. The quantitative estimate of drug-likeness (QED) is 0.690. The van der Waals surface area contributed by atoms with E-state index in [0.29, 0.717) is 30.1 Å². The number of nitrogens with one attached hydrogen (secondary N) is 2. The lowest BCUT2D eigenvalue weighted by Gasteiger charge is -2.13. The highest BCUT2D eigenvalue weighted by molar-refractivity contribution is 6.04. The van der Waals surface area contributed by atoms with Gasteiger partial charge in [0.2, 0.25) is 0 Å². The Morgan fingerprint density at radius 1 is 1.04 bits per heavy atom. The van der Waals surface area contributed by atoms with Gasteiger partial charge in [0.1, 0.15) is 5.75 Å². The first-order valence-electron chi connectivity index (χ1n) is 8.09. The number of amides is 2. The summed E-state index contributed by atoms with van der Waals surface area (Å²) < 4.78 is 5.64. The van der Waals surface area contributed by atoms with E-state index in [0.717, 1.165) is 11.1 Å². The Morgan fingerprint density at radius 3 is 2.35 bits per heavy atom. The SMILES string of the molecule is Cc1cccc(C)c1OCC(=O)Nc1ccccc1C(=O)NCCN.Cl. The van der Waals surface area contributed by atoms with Crippen LogP contribution in [0.1, 0.15) is 21.5 Å². The minimum atomic E-state index is -0.332. The molecule has 0 aliphatic rings.